The van der Waals surface area contributed by atoms with Gasteiger partial charge in [0.05, 0.1) is 6.67 Å². The van der Waals surface area contributed by atoms with Gasteiger partial charge in [0.1, 0.15) is 6.54 Å². The first-order valence-corrected chi connectivity index (χ1v) is 9.42. The van der Waals surface area contributed by atoms with E-state index < -0.39 is 0 Å². The van der Waals surface area contributed by atoms with E-state index in [1.165, 1.54) is 29.7 Å². The van der Waals surface area contributed by atoms with Crippen LogP contribution in [0.2, 0.25) is 0 Å². The average Bonchev–Trinajstić information content (AvgIpc) is 2.89. The van der Waals surface area contributed by atoms with Gasteiger partial charge in [-0.15, -0.1) is 0 Å². The highest BCUT2D eigenvalue weighted by Crippen LogP contribution is 2.23. The second kappa shape index (κ2) is 8.00. The highest BCUT2D eigenvalue weighted by molar-refractivity contribution is 6.02. The van der Waals surface area contributed by atoms with E-state index in [9.17, 15) is 9.59 Å². The normalized spacial score (nSPS) is 20.1. The maximum atomic E-state index is 12.4. The highest BCUT2D eigenvalue weighted by Gasteiger charge is 2.38. The predicted octanol–water partition coefficient (Wildman–Crippen LogP) is 2.96. The fourth-order valence-electron chi connectivity index (χ4n) is 3.86. The van der Waals surface area contributed by atoms with Crippen LogP contribution in [0.5, 0.6) is 0 Å². The van der Waals surface area contributed by atoms with E-state index in [-0.39, 0.29) is 24.5 Å². The third kappa shape index (κ3) is 4.40. The number of urea groups is 1. The number of aryl methyl sites for hydroxylation is 1. The summed E-state index contributed by atoms with van der Waals surface area (Å²) >= 11 is 0. The van der Waals surface area contributed by atoms with Crippen molar-refractivity contribution in [3.63, 3.8) is 0 Å². The van der Waals surface area contributed by atoms with E-state index in [2.05, 4.69) is 35.2 Å². The third-order valence-electron chi connectivity index (χ3n) is 5.35. The van der Waals surface area contributed by atoms with Crippen LogP contribution in [0, 0.1) is 5.92 Å². The van der Waals surface area contributed by atoms with Gasteiger partial charge >= 0.3 is 6.03 Å². The van der Waals surface area contributed by atoms with Gasteiger partial charge in [0.25, 0.3) is 5.91 Å². The topological polar surface area (TPSA) is 43.9 Å². The fraction of sp³-hybridized carbons (Fsp3) is 0.600. The van der Waals surface area contributed by atoms with Gasteiger partial charge in [-0.05, 0) is 51.0 Å². The standard InChI is InChI=1S/C20H29N3O2/c1-16(2)23-19(24)14-22(20(23)25)15-21-12-10-18(11-13-21)9-8-17-6-4-3-5-7-17/h3-7,16,18H,8-15H2,1-2H3. The van der Waals surface area contributed by atoms with Crippen LogP contribution in [-0.4, -0.2) is 59.0 Å². The van der Waals surface area contributed by atoms with Gasteiger partial charge in [-0.3, -0.25) is 14.6 Å². The van der Waals surface area contributed by atoms with Gasteiger partial charge < -0.3 is 4.90 Å². The lowest BCUT2D eigenvalue weighted by atomic mass is 9.91. The molecule has 0 aliphatic carbocycles. The number of amides is 3. The Morgan fingerprint density at radius 2 is 1.76 bits per heavy atom. The summed E-state index contributed by atoms with van der Waals surface area (Å²) in [5, 5.41) is 0. The van der Waals surface area contributed by atoms with E-state index in [1.807, 2.05) is 13.8 Å². The number of carbonyl (C=O) groups excluding carboxylic acids is 2. The fourth-order valence-corrected chi connectivity index (χ4v) is 3.86. The van der Waals surface area contributed by atoms with Crippen molar-refractivity contribution in [3.8, 4) is 0 Å². The minimum Gasteiger partial charge on any atom is -0.302 e. The summed E-state index contributed by atoms with van der Waals surface area (Å²) in [5.74, 6) is 0.692. The van der Waals surface area contributed by atoms with Gasteiger partial charge in [-0.25, -0.2) is 4.79 Å². The second-order valence-corrected chi connectivity index (χ2v) is 7.57. The third-order valence-corrected chi connectivity index (χ3v) is 5.35. The Hall–Kier alpha value is -1.88. The molecule has 3 amide bonds. The van der Waals surface area contributed by atoms with Crippen molar-refractivity contribution in [3.05, 3.63) is 35.9 Å². The predicted molar refractivity (Wildman–Crippen MR) is 98.0 cm³/mol. The maximum Gasteiger partial charge on any atom is 0.328 e. The monoisotopic (exact) mass is 343 g/mol. The summed E-state index contributed by atoms with van der Waals surface area (Å²) in [4.78, 5) is 29.7. The molecule has 0 radical (unpaired) electrons. The number of hydrogen-bond acceptors (Lipinski definition) is 3. The SMILES string of the molecule is CC(C)N1C(=O)CN(CN2CCC(CCc3ccccc3)CC2)C1=O. The zero-order valence-corrected chi connectivity index (χ0v) is 15.4. The van der Waals surface area contributed by atoms with E-state index >= 15 is 0 Å². The minimum atomic E-state index is -0.133. The molecule has 5 nitrogen and oxygen atoms in total. The Morgan fingerprint density at radius 3 is 2.36 bits per heavy atom. The molecule has 2 fully saturated rings. The van der Waals surface area contributed by atoms with Crippen molar-refractivity contribution in [1.29, 1.82) is 0 Å². The zero-order chi connectivity index (χ0) is 17.8. The summed E-state index contributed by atoms with van der Waals surface area (Å²) in [6.07, 6.45) is 4.74. The molecule has 0 N–H and O–H groups in total. The second-order valence-electron chi connectivity index (χ2n) is 7.57. The number of hydrogen-bond donors (Lipinski definition) is 0. The molecule has 0 atom stereocenters. The van der Waals surface area contributed by atoms with Crippen LogP contribution in [0.4, 0.5) is 4.79 Å². The molecule has 2 heterocycles. The van der Waals surface area contributed by atoms with Crippen LogP contribution in [0.15, 0.2) is 30.3 Å². The van der Waals surface area contributed by atoms with Crippen molar-refractivity contribution >= 4 is 11.9 Å². The van der Waals surface area contributed by atoms with Crippen LogP contribution in [0.1, 0.15) is 38.7 Å². The van der Waals surface area contributed by atoms with Gasteiger partial charge in [-0.1, -0.05) is 30.3 Å². The molecule has 1 aromatic rings. The first-order chi connectivity index (χ1) is 12.0. The minimum absolute atomic E-state index is 0.0614. The van der Waals surface area contributed by atoms with Gasteiger partial charge in [0.15, 0.2) is 0 Å². The van der Waals surface area contributed by atoms with Crippen LogP contribution >= 0.6 is 0 Å². The van der Waals surface area contributed by atoms with Crippen LogP contribution in [0.25, 0.3) is 0 Å². The van der Waals surface area contributed by atoms with Crippen LogP contribution in [0.3, 0.4) is 0 Å². The molecule has 0 spiro atoms. The molecule has 0 aromatic heterocycles. The van der Waals surface area contributed by atoms with Crippen molar-refractivity contribution < 1.29 is 9.59 Å². The number of piperidine rings is 1. The van der Waals surface area contributed by atoms with Crippen molar-refractivity contribution in [1.82, 2.24) is 14.7 Å². The maximum absolute atomic E-state index is 12.4. The Balaban J connectivity index is 1.42. The van der Waals surface area contributed by atoms with Crippen molar-refractivity contribution in [2.24, 2.45) is 5.92 Å². The number of rotatable bonds is 6. The molecular weight excluding hydrogens is 314 g/mol. The van der Waals surface area contributed by atoms with Crippen LogP contribution < -0.4 is 0 Å². The number of likely N-dealkylation sites (tertiary alicyclic amines) is 1. The highest BCUT2D eigenvalue weighted by atomic mass is 16.2. The number of carbonyl (C=O) groups is 2. The molecule has 2 aliphatic heterocycles. The van der Waals surface area contributed by atoms with E-state index in [4.69, 9.17) is 0 Å². The number of benzene rings is 1. The lowest BCUT2D eigenvalue weighted by Gasteiger charge is -2.34. The molecule has 0 unspecified atom stereocenters. The molecule has 2 saturated heterocycles. The molecule has 25 heavy (non-hydrogen) atoms. The Morgan fingerprint density at radius 1 is 1.08 bits per heavy atom. The Bertz CT molecular complexity index is 594. The van der Waals surface area contributed by atoms with Gasteiger partial charge in [0, 0.05) is 19.1 Å². The summed E-state index contributed by atoms with van der Waals surface area (Å²) in [6, 6.07) is 10.5. The van der Waals surface area contributed by atoms with Gasteiger partial charge in [-0.2, -0.15) is 0 Å². The van der Waals surface area contributed by atoms with E-state index in [0.717, 1.165) is 25.4 Å². The van der Waals surface area contributed by atoms with Crippen LogP contribution in [-0.2, 0) is 11.2 Å². The van der Waals surface area contributed by atoms with E-state index in [1.54, 1.807) is 4.90 Å². The number of nitrogens with zero attached hydrogens (tertiary/aromatic N) is 3. The quantitative estimate of drug-likeness (QED) is 0.746. The molecule has 136 valence electrons. The molecule has 0 bridgehead atoms. The smallest absolute Gasteiger partial charge is 0.302 e. The zero-order valence-electron chi connectivity index (χ0n) is 15.4. The molecule has 1 aromatic carbocycles. The molecular formula is C20H29N3O2. The lowest BCUT2D eigenvalue weighted by molar-refractivity contribution is -0.126. The average molecular weight is 343 g/mol. The summed E-state index contributed by atoms with van der Waals surface area (Å²) in [5.41, 5.74) is 1.42. The number of imide groups is 1. The molecule has 0 saturated carbocycles. The summed E-state index contributed by atoms with van der Waals surface area (Å²) in [7, 11) is 0. The Kier molecular flexibility index (Phi) is 5.74. The first kappa shape index (κ1) is 17.9. The molecule has 3 rings (SSSR count). The Labute approximate surface area is 150 Å². The molecule has 2 aliphatic rings. The summed E-state index contributed by atoms with van der Waals surface area (Å²) < 4.78 is 0. The van der Waals surface area contributed by atoms with Crippen molar-refractivity contribution in [2.75, 3.05) is 26.3 Å². The van der Waals surface area contributed by atoms with Crippen molar-refractivity contribution in [2.45, 2.75) is 45.6 Å². The molecule has 5 heteroatoms. The first-order valence-electron chi connectivity index (χ1n) is 9.42. The largest absolute Gasteiger partial charge is 0.328 e. The lowest BCUT2D eigenvalue weighted by Crippen LogP contribution is -2.45. The van der Waals surface area contributed by atoms with Gasteiger partial charge in [0.2, 0.25) is 0 Å². The van der Waals surface area contributed by atoms with E-state index in [0.29, 0.717) is 6.67 Å². The summed E-state index contributed by atoms with van der Waals surface area (Å²) in [6.45, 7) is 6.61.